The zero-order valence-electron chi connectivity index (χ0n) is 17.2. The highest BCUT2D eigenvalue weighted by molar-refractivity contribution is 7.89. The Morgan fingerprint density at radius 2 is 1.76 bits per heavy atom. The Balaban J connectivity index is 1.87. The topological polar surface area (TPSA) is 72.9 Å². The number of aryl methyl sites for hydroxylation is 1. The van der Waals surface area contributed by atoms with Crippen molar-refractivity contribution in [3.05, 3.63) is 59.7 Å². The average molecular weight is 418 g/mol. The largest absolute Gasteiger partial charge is 0.427 e. The van der Waals surface area contributed by atoms with E-state index in [1.165, 1.54) is 11.2 Å². The van der Waals surface area contributed by atoms with Crippen LogP contribution in [0.15, 0.2) is 53.4 Å². The van der Waals surface area contributed by atoms with E-state index in [4.69, 9.17) is 9.47 Å². The molecule has 3 rings (SSSR count). The molecule has 0 bridgehead atoms. The molecule has 1 fully saturated rings. The van der Waals surface area contributed by atoms with Gasteiger partial charge in [0.2, 0.25) is 10.0 Å². The lowest BCUT2D eigenvalue weighted by molar-refractivity contribution is -0.131. The minimum atomic E-state index is -3.70. The molecule has 1 saturated heterocycles. The molecule has 0 saturated carbocycles. The number of carbonyl (C=O) groups is 1. The average Bonchev–Trinajstić information content (AvgIpc) is 3.08. The zero-order valence-corrected chi connectivity index (χ0v) is 18.0. The van der Waals surface area contributed by atoms with Crippen LogP contribution < -0.4 is 4.74 Å². The highest BCUT2D eigenvalue weighted by atomic mass is 32.2. The Labute approximate surface area is 172 Å². The molecule has 1 heterocycles. The summed E-state index contributed by atoms with van der Waals surface area (Å²) >= 11 is 0. The zero-order chi connectivity index (χ0) is 21.2. The van der Waals surface area contributed by atoms with Crippen LogP contribution in [-0.2, 0) is 26.0 Å². The van der Waals surface area contributed by atoms with E-state index in [9.17, 15) is 13.2 Å². The third-order valence-corrected chi connectivity index (χ3v) is 6.96. The van der Waals surface area contributed by atoms with Gasteiger partial charge in [0.15, 0.2) is 0 Å². The molecule has 0 radical (unpaired) electrons. The second-order valence-corrected chi connectivity index (χ2v) is 9.53. The summed E-state index contributed by atoms with van der Waals surface area (Å²) in [5.41, 5.74) is 1.91. The highest BCUT2D eigenvalue weighted by Gasteiger charge is 2.44. The van der Waals surface area contributed by atoms with Crippen molar-refractivity contribution in [1.82, 2.24) is 4.31 Å². The van der Waals surface area contributed by atoms with E-state index in [2.05, 4.69) is 0 Å². The fourth-order valence-corrected chi connectivity index (χ4v) is 5.26. The van der Waals surface area contributed by atoms with Gasteiger partial charge < -0.3 is 9.47 Å². The maximum Gasteiger partial charge on any atom is 0.308 e. The minimum absolute atomic E-state index is 0.117. The number of hydrogen-bond donors (Lipinski definition) is 0. The summed E-state index contributed by atoms with van der Waals surface area (Å²) in [6.45, 7) is 7.64. The molecule has 0 unspecified atom stereocenters. The number of rotatable bonds is 6. The summed E-state index contributed by atoms with van der Waals surface area (Å²) in [6, 6.07) is 13.7. The van der Waals surface area contributed by atoms with Crippen LogP contribution in [0.1, 0.15) is 31.9 Å². The third-order valence-electron chi connectivity index (χ3n) is 5.03. The molecule has 2 aromatic rings. The lowest BCUT2D eigenvalue weighted by Crippen LogP contribution is -2.45. The van der Waals surface area contributed by atoms with Gasteiger partial charge in [0.05, 0.1) is 17.5 Å². The van der Waals surface area contributed by atoms with Gasteiger partial charge in [-0.3, -0.25) is 4.79 Å². The SMILES string of the molecule is CC(=O)Oc1ccc(C[C@@H]2OC[C@H](C(C)C)N2S(=O)(=O)c2ccc(C)cc2)cc1. The van der Waals surface area contributed by atoms with Crippen LogP contribution in [0.2, 0.25) is 0 Å². The number of benzene rings is 2. The van der Waals surface area contributed by atoms with E-state index in [1.807, 2.05) is 32.9 Å². The fraction of sp³-hybridized carbons (Fsp3) is 0.409. The summed E-state index contributed by atoms with van der Waals surface area (Å²) in [7, 11) is -3.70. The van der Waals surface area contributed by atoms with Gasteiger partial charge in [-0.15, -0.1) is 0 Å². The first-order valence-corrected chi connectivity index (χ1v) is 11.1. The molecule has 0 aromatic heterocycles. The van der Waals surface area contributed by atoms with E-state index < -0.39 is 16.3 Å². The molecule has 2 aromatic carbocycles. The van der Waals surface area contributed by atoms with E-state index in [-0.39, 0.29) is 22.8 Å². The third kappa shape index (κ3) is 4.86. The molecule has 0 spiro atoms. The fourth-order valence-electron chi connectivity index (χ4n) is 3.43. The van der Waals surface area contributed by atoms with Crippen molar-refractivity contribution in [2.24, 2.45) is 5.92 Å². The van der Waals surface area contributed by atoms with Crippen LogP contribution in [-0.4, -0.2) is 37.6 Å². The molecular weight excluding hydrogens is 390 g/mol. The Morgan fingerprint density at radius 1 is 1.14 bits per heavy atom. The first kappa shape index (κ1) is 21.5. The predicted octanol–water partition coefficient (Wildman–Crippen LogP) is 3.53. The Kier molecular flexibility index (Phi) is 6.41. The van der Waals surface area contributed by atoms with Crippen molar-refractivity contribution >= 4 is 16.0 Å². The van der Waals surface area contributed by atoms with Crippen molar-refractivity contribution < 1.29 is 22.7 Å². The number of carbonyl (C=O) groups excluding carboxylic acids is 1. The van der Waals surface area contributed by atoms with Gasteiger partial charge in [-0.1, -0.05) is 43.7 Å². The molecular formula is C22H27NO5S. The van der Waals surface area contributed by atoms with Crippen LogP contribution >= 0.6 is 0 Å². The van der Waals surface area contributed by atoms with Gasteiger partial charge in [0.1, 0.15) is 12.0 Å². The van der Waals surface area contributed by atoms with Gasteiger partial charge in [-0.2, -0.15) is 4.31 Å². The number of nitrogens with zero attached hydrogens (tertiary/aromatic N) is 1. The van der Waals surface area contributed by atoms with Crippen LogP contribution in [0.25, 0.3) is 0 Å². The Morgan fingerprint density at radius 3 is 2.31 bits per heavy atom. The van der Waals surface area contributed by atoms with Crippen molar-refractivity contribution in [3.63, 3.8) is 0 Å². The van der Waals surface area contributed by atoms with E-state index >= 15 is 0 Å². The Hall–Kier alpha value is -2.22. The van der Waals surface area contributed by atoms with Crippen molar-refractivity contribution in [3.8, 4) is 5.75 Å². The van der Waals surface area contributed by atoms with Crippen molar-refractivity contribution in [1.29, 1.82) is 0 Å². The molecule has 29 heavy (non-hydrogen) atoms. The van der Waals surface area contributed by atoms with Gasteiger partial charge >= 0.3 is 5.97 Å². The van der Waals surface area contributed by atoms with E-state index in [1.54, 1.807) is 36.4 Å². The molecule has 0 amide bonds. The normalized spacial score (nSPS) is 20.2. The molecule has 2 atom stereocenters. The summed E-state index contributed by atoms with van der Waals surface area (Å²) in [5, 5.41) is 0. The summed E-state index contributed by atoms with van der Waals surface area (Å²) in [5.74, 6) is 0.191. The van der Waals surface area contributed by atoms with E-state index in [0.717, 1.165) is 11.1 Å². The lowest BCUT2D eigenvalue weighted by atomic mass is 10.1. The number of hydrogen-bond acceptors (Lipinski definition) is 5. The molecule has 7 heteroatoms. The number of ether oxygens (including phenoxy) is 2. The van der Waals surface area contributed by atoms with Gasteiger partial charge in [0.25, 0.3) is 0 Å². The lowest BCUT2D eigenvalue weighted by Gasteiger charge is -2.29. The van der Waals surface area contributed by atoms with Gasteiger partial charge in [0, 0.05) is 13.3 Å². The number of sulfonamides is 1. The predicted molar refractivity (Wildman–Crippen MR) is 110 cm³/mol. The first-order chi connectivity index (χ1) is 13.7. The smallest absolute Gasteiger partial charge is 0.308 e. The summed E-state index contributed by atoms with van der Waals surface area (Å²) in [6.07, 6.45) is -0.178. The molecule has 6 nitrogen and oxygen atoms in total. The molecule has 156 valence electrons. The Bertz CT molecular complexity index is 952. The summed E-state index contributed by atoms with van der Waals surface area (Å²) < 4.78 is 39.4. The maximum atomic E-state index is 13.4. The molecule has 1 aliphatic rings. The molecule has 1 aliphatic heterocycles. The van der Waals surface area contributed by atoms with Crippen LogP contribution in [0.5, 0.6) is 5.75 Å². The summed E-state index contributed by atoms with van der Waals surface area (Å²) in [4.78, 5) is 11.3. The van der Waals surface area contributed by atoms with E-state index in [0.29, 0.717) is 18.8 Å². The van der Waals surface area contributed by atoms with Crippen LogP contribution in [0, 0.1) is 12.8 Å². The van der Waals surface area contributed by atoms with Gasteiger partial charge in [-0.05, 0) is 42.7 Å². The highest BCUT2D eigenvalue weighted by Crippen LogP contribution is 2.32. The van der Waals surface area contributed by atoms with Crippen molar-refractivity contribution in [2.75, 3.05) is 6.61 Å². The minimum Gasteiger partial charge on any atom is -0.427 e. The van der Waals surface area contributed by atoms with Crippen molar-refractivity contribution in [2.45, 2.75) is 51.3 Å². The first-order valence-electron chi connectivity index (χ1n) is 9.67. The number of esters is 1. The van der Waals surface area contributed by atoms with Crippen LogP contribution in [0.4, 0.5) is 0 Å². The maximum absolute atomic E-state index is 13.4. The molecule has 0 N–H and O–H groups in total. The standard InChI is InChI=1S/C22H27NO5S/c1-15(2)21-14-27-22(13-18-7-9-19(10-8-18)28-17(4)24)23(21)29(25,26)20-11-5-16(3)6-12-20/h5-12,15,21-22H,13-14H2,1-4H3/t21-,22+/m1/s1. The monoisotopic (exact) mass is 417 g/mol. The quantitative estimate of drug-likeness (QED) is 0.531. The van der Waals surface area contributed by atoms with Gasteiger partial charge in [-0.25, -0.2) is 8.42 Å². The van der Waals surface area contributed by atoms with Crippen LogP contribution in [0.3, 0.4) is 0 Å². The molecule has 0 aliphatic carbocycles. The second-order valence-electron chi connectivity index (χ2n) is 7.69. The second kappa shape index (κ2) is 8.65.